The number of anilines is 2. The summed E-state index contributed by atoms with van der Waals surface area (Å²) in [5.74, 6) is 1.07. The third-order valence-corrected chi connectivity index (χ3v) is 3.86. The van der Waals surface area contributed by atoms with Gasteiger partial charge in [0.25, 0.3) is 0 Å². The predicted octanol–water partition coefficient (Wildman–Crippen LogP) is 1.80. The summed E-state index contributed by atoms with van der Waals surface area (Å²) in [5.41, 5.74) is 0.334. The number of nitrogens with one attached hydrogen (secondary N) is 1. The number of nitrogens with zero attached hydrogens (tertiary/aromatic N) is 3. The number of phenols is 1. The van der Waals surface area contributed by atoms with E-state index in [1.165, 1.54) is 13.2 Å². The smallest absolute Gasteiger partial charge is 0.247 e. The zero-order valence-electron chi connectivity index (χ0n) is 12.8. The van der Waals surface area contributed by atoms with Gasteiger partial charge in [-0.1, -0.05) is 0 Å². The van der Waals surface area contributed by atoms with Crippen molar-refractivity contribution in [3.05, 3.63) is 36.8 Å². The average Bonchev–Trinajstić information content (AvgIpc) is 3.07. The largest absolute Gasteiger partial charge is 0.506 e. The maximum Gasteiger partial charge on any atom is 0.247 e. The molecule has 1 saturated heterocycles. The van der Waals surface area contributed by atoms with Gasteiger partial charge in [-0.2, -0.15) is 0 Å². The molecule has 0 saturated carbocycles. The Balaban J connectivity index is 1.77. The summed E-state index contributed by atoms with van der Waals surface area (Å²) in [4.78, 5) is 22.8. The lowest BCUT2D eigenvalue weighted by Crippen LogP contribution is -2.40. The molecule has 2 aromatic rings. The van der Waals surface area contributed by atoms with Crippen LogP contribution < -0.4 is 15.0 Å². The summed E-state index contributed by atoms with van der Waals surface area (Å²) in [7, 11) is 1.53. The Morgan fingerprint density at radius 3 is 3.04 bits per heavy atom. The predicted molar refractivity (Wildman–Crippen MR) is 85.7 cm³/mol. The highest BCUT2D eigenvalue weighted by atomic mass is 16.5. The van der Waals surface area contributed by atoms with Crippen LogP contribution in [0.15, 0.2) is 36.8 Å². The Kier molecular flexibility index (Phi) is 4.27. The molecule has 0 bridgehead atoms. The standard InChI is InChI=1S/C16H18N4O3/c1-23-11-4-5-14(21)12(9-11)19-16(22)13-3-2-8-20(13)15-10-17-6-7-18-15/h4-7,9-10,13,21H,2-3,8H2,1H3,(H,19,22). The van der Waals surface area contributed by atoms with E-state index in [1.54, 1.807) is 30.7 Å². The molecule has 2 heterocycles. The van der Waals surface area contributed by atoms with Crippen LogP contribution in [0.4, 0.5) is 11.5 Å². The number of aromatic hydroxyl groups is 1. The van der Waals surface area contributed by atoms with Crippen LogP contribution >= 0.6 is 0 Å². The third kappa shape index (κ3) is 3.18. The van der Waals surface area contributed by atoms with Gasteiger partial charge in [0.15, 0.2) is 0 Å². The number of ether oxygens (including phenoxy) is 1. The number of carbonyl (C=O) groups is 1. The minimum atomic E-state index is -0.336. The second kappa shape index (κ2) is 6.51. The van der Waals surface area contributed by atoms with Crippen molar-refractivity contribution in [2.45, 2.75) is 18.9 Å². The van der Waals surface area contributed by atoms with E-state index in [0.29, 0.717) is 17.3 Å². The zero-order chi connectivity index (χ0) is 16.2. The number of rotatable bonds is 4. The lowest BCUT2D eigenvalue weighted by molar-refractivity contribution is -0.117. The van der Waals surface area contributed by atoms with Gasteiger partial charge in [-0.3, -0.25) is 9.78 Å². The summed E-state index contributed by atoms with van der Waals surface area (Å²) >= 11 is 0. The number of methoxy groups -OCH3 is 1. The molecule has 3 rings (SSSR count). The Labute approximate surface area is 133 Å². The first-order chi connectivity index (χ1) is 11.2. The van der Waals surface area contributed by atoms with Crippen LogP contribution in [0, 0.1) is 0 Å². The fraction of sp³-hybridized carbons (Fsp3) is 0.312. The molecule has 1 aromatic carbocycles. The minimum Gasteiger partial charge on any atom is -0.506 e. The fourth-order valence-electron chi connectivity index (χ4n) is 2.71. The van der Waals surface area contributed by atoms with Gasteiger partial charge in [0, 0.05) is 25.0 Å². The van der Waals surface area contributed by atoms with E-state index >= 15 is 0 Å². The second-order valence-corrected chi connectivity index (χ2v) is 5.29. The summed E-state index contributed by atoms with van der Waals surface area (Å²) in [6, 6.07) is 4.38. The van der Waals surface area contributed by atoms with E-state index in [4.69, 9.17) is 4.74 Å². The molecule has 1 aliphatic heterocycles. The summed E-state index contributed by atoms with van der Waals surface area (Å²) in [6.07, 6.45) is 6.49. The number of carbonyl (C=O) groups excluding carboxylic acids is 1. The van der Waals surface area contributed by atoms with Gasteiger partial charge in [0.1, 0.15) is 23.4 Å². The van der Waals surface area contributed by atoms with E-state index in [-0.39, 0.29) is 17.7 Å². The van der Waals surface area contributed by atoms with Gasteiger partial charge in [0.2, 0.25) is 5.91 Å². The molecular weight excluding hydrogens is 296 g/mol. The van der Waals surface area contributed by atoms with Gasteiger partial charge in [-0.05, 0) is 25.0 Å². The van der Waals surface area contributed by atoms with Crippen LogP contribution in [0.25, 0.3) is 0 Å². The molecule has 1 aliphatic rings. The lowest BCUT2D eigenvalue weighted by Gasteiger charge is -2.24. The minimum absolute atomic E-state index is 0.00296. The lowest BCUT2D eigenvalue weighted by atomic mass is 10.2. The first kappa shape index (κ1) is 15.1. The van der Waals surface area contributed by atoms with Gasteiger partial charge >= 0.3 is 0 Å². The number of amides is 1. The van der Waals surface area contributed by atoms with Crippen molar-refractivity contribution in [2.24, 2.45) is 0 Å². The molecule has 1 atom stereocenters. The van der Waals surface area contributed by atoms with Crippen molar-refractivity contribution in [2.75, 3.05) is 23.9 Å². The Bertz CT molecular complexity index is 693. The molecule has 0 aliphatic carbocycles. The molecule has 0 radical (unpaired) electrons. The first-order valence-electron chi connectivity index (χ1n) is 7.39. The molecule has 1 unspecified atom stereocenters. The highest BCUT2D eigenvalue weighted by molar-refractivity contribution is 5.98. The molecule has 2 N–H and O–H groups in total. The normalized spacial score (nSPS) is 17.1. The molecule has 7 heteroatoms. The maximum absolute atomic E-state index is 12.6. The maximum atomic E-state index is 12.6. The van der Waals surface area contributed by atoms with Crippen LogP contribution in [0.2, 0.25) is 0 Å². The van der Waals surface area contributed by atoms with Crippen molar-refractivity contribution in [3.63, 3.8) is 0 Å². The molecular formula is C16H18N4O3. The number of aromatic nitrogens is 2. The number of benzene rings is 1. The number of hydrogen-bond donors (Lipinski definition) is 2. The quantitative estimate of drug-likeness (QED) is 0.837. The van der Waals surface area contributed by atoms with E-state index in [2.05, 4.69) is 15.3 Å². The highest BCUT2D eigenvalue weighted by Gasteiger charge is 2.32. The molecule has 0 spiro atoms. The third-order valence-electron chi connectivity index (χ3n) is 3.86. The van der Waals surface area contributed by atoms with E-state index < -0.39 is 0 Å². The van der Waals surface area contributed by atoms with Crippen LogP contribution in [0.3, 0.4) is 0 Å². The van der Waals surface area contributed by atoms with Gasteiger partial charge in [-0.25, -0.2) is 4.98 Å². The van der Waals surface area contributed by atoms with Crippen molar-refractivity contribution >= 4 is 17.4 Å². The van der Waals surface area contributed by atoms with Crippen LogP contribution in [-0.2, 0) is 4.79 Å². The van der Waals surface area contributed by atoms with Crippen LogP contribution in [0.5, 0.6) is 11.5 Å². The molecule has 1 fully saturated rings. The summed E-state index contributed by atoms with van der Waals surface area (Å²) in [5, 5.41) is 12.7. The number of hydrogen-bond acceptors (Lipinski definition) is 6. The van der Waals surface area contributed by atoms with E-state index in [0.717, 1.165) is 19.4 Å². The first-order valence-corrected chi connectivity index (χ1v) is 7.39. The number of phenolic OH excluding ortho intramolecular Hbond substituents is 1. The van der Waals surface area contributed by atoms with Crippen molar-refractivity contribution in [3.8, 4) is 11.5 Å². The Morgan fingerprint density at radius 1 is 1.43 bits per heavy atom. The molecule has 23 heavy (non-hydrogen) atoms. The van der Waals surface area contributed by atoms with E-state index in [9.17, 15) is 9.90 Å². The van der Waals surface area contributed by atoms with Crippen molar-refractivity contribution < 1.29 is 14.6 Å². The van der Waals surface area contributed by atoms with E-state index in [1.807, 2.05) is 4.90 Å². The topological polar surface area (TPSA) is 87.6 Å². The Morgan fingerprint density at radius 2 is 2.30 bits per heavy atom. The highest BCUT2D eigenvalue weighted by Crippen LogP contribution is 2.29. The Hall–Kier alpha value is -2.83. The van der Waals surface area contributed by atoms with Gasteiger partial charge < -0.3 is 20.1 Å². The summed E-state index contributed by atoms with van der Waals surface area (Å²) < 4.78 is 5.12. The van der Waals surface area contributed by atoms with Crippen LogP contribution in [0.1, 0.15) is 12.8 Å². The molecule has 120 valence electrons. The van der Waals surface area contributed by atoms with Gasteiger partial charge in [-0.15, -0.1) is 0 Å². The molecule has 1 amide bonds. The van der Waals surface area contributed by atoms with Crippen molar-refractivity contribution in [1.29, 1.82) is 0 Å². The van der Waals surface area contributed by atoms with Crippen molar-refractivity contribution in [1.82, 2.24) is 9.97 Å². The monoisotopic (exact) mass is 314 g/mol. The molecule has 7 nitrogen and oxygen atoms in total. The van der Waals surface area contributed by atoms with Gasteiger partial charge in [0.05, 0.1) is 19.0 Å². The van der Waals surface area contributed by atoms with Crippen LogP contribution in [-0.4, -0.2) is 40.7 Å². The SMILES string of the molecule is COc1ccc(O)c(NC(=O)C2CCCN2c2cnccn2)c1. The molecule has 1 aromatic heterocycles. The summed E-state index contributed by atoms with van der Waals surface area (Å²) in [6.45, 7) is 0.751. The fourth-order valence-corrected chi connectivity index (χ4v) is 2.71. The average molecular weight is 314 g/mol. The second-order valence-electron chi connectivity index (χ2n) is 5.29. The zero-order valence-corrected chi connectivity index (χ0v) is 12.8.